The molecule has 0 fully saturated rings. The molecule has 0 amide bonds. The van der Waals surface area contributed by atoms with Crippen LogP contribution in [0.4, 0.5) is 0 Å². The summed E-state index contributed by atoms with van der Waals surface area (Å²) in [5, 5.41) is 0. The molecular weight excluding hydrogens is 528 g/mol. The van der Waals surface area contributed by atoms with Crippen LogP contribution in [0, 0.1) is 0 Å². The van der Waals surface area contributed by atoms with Crippen LogP contribution in [0.1, 0.15) is 0 Å². The molecule has 4 nitrogen and oxygen atoms in total. The molecule has 7 heteroatoms. The first kappa shape index (κ1) is 117. The minimum absolute atomic E-state index is 0. The molecule has 0 aliphatic rings. The third-order valence-corrected chi connectivity index (χ3v) is 0. The molecule has 0 bridgehead atoms. The third kappa shape index (κ3) is 60.7. The van der Waals surface area contributed by atoms with Crippen molar-refractivity contribution in [3.8, 4) is 0 Å². The van der Waals surface area contributed by atoms with Gasteiger partial charge in [-0.1, -0.05) is 0 Å². The smallest absolute Gasteiger partial charge is 0 e. The van der Waals surface area contributed by atoms with Gasteiger partial charge in [-0.3, -0.25) is 0 Å². The van der Waals surface area contributed by atoms with Crippen LogP contribution in [0.2, 0.25) is 0 Å². The molecule has 0 aliphatic heterocycles. The van der Waals surface area contributed by atoms with Gasteiger partial charge in [0.05, 0.1) is 0 Å². The van der Waals surface area contributed by atoms with Crippen molar-refractivity contribution in [1.82, 2.24) is 0 Å². The van der Waals surface area contributed by atoms with Crippen LogP contribution in [0.25, 0.3) is 0 Å². The van der Waals surface area contributed by atoms with Gasteiger partial charge >= 0.3 is 53.5 Å². The Hall–Kier alpha value is 2.36. The van der Waals surface area contributed by atoms with Gasteiger partial charge in [-0.15, -0.1) is 0 Å². The van der Waals surface area contributed by atoms with Crippen molar-refractivity contribution in [1.29, 1.82) is 0 Å². The fourth-order valence-electron chi connectivity index (χ4n) is 0. The van der Waals surface area contributed by atoms with E-state index in [2.05, 4.69) is 0 Å². The Balaban J connectivity index is 0. The van der Waals surface area contributed by atoms with Crippen LogP contribution in [0.5, 0.6) is 0 Å². The molecule has 0 aromatic carbocycles. The molecule has 0 aromatic rings. The maximum Gasteiger partial charge on any atom is 0 e. The zero-order valence-electron chi connectivity index (χ0n) is 3.91. The van der Waals surface area contributed by atoms with Crippen molar-refractivity contribution in [2.45, 2.75) is 0 Å². The van der Waals surface area contributed by atoms with Crippen molar-refractivity contribution in [2.24, 2.45) is 0 Å². The molecule has 0 heterocycles. The first-order chi connectivity index (χ1) is 0. The second-order valence-electron chi connectivity index (χ2n) is 0. The van der Waals surface area contributed by atoms with E-state index in [0.29, 0.717) is 0 Å². The summed E-state index contributed by atoms with van der Waals surface area (Å²) < 4.78 is 0. The van der Waals surface area contributed by atoms with Gasteiger partial charge in [-0.05, 0) is 0 Å². The monoisotopic (exact) mass is 542 g/mol. The Kier molecular flexibility index (Phi) is 1360. The minimum Gasteiger partial charge on any atom is 0 e. The molecule has 0 saturated carbocycles. The molecule has 8 N–H and O–H groups in total. The normalized spacial score (nSPS) is 0. The summed E-state index contributed by atoms with van der Waals surface area (Å²) in [7, 11) is 0. The van der Waals surface area contributed by atoms with Crippen LogP contribution < -0.4 is 0 Å². The Morgan fingerprint density at radius 1 is 0.571 bits per heavy atom. The van der Waals surface area contributed by atoms with Crippen molar-refractivity contribution in [3.63, 3.8) is 0 Å². The molecule has 7 heavy (non-hydrogen) atoms. The molecular formula is H13BiO4PbTi. The van der Waals surface area contributed by atoms with Crippen LogP contribution in [-0.4, -0.2) is 75.4 Å². The molecule has 0 saturated heterocycles. The van der Waals surface area contributed by atoms with Crippen LogP contribution >= 0.6 is 0 Å². The predicted octanol–water partition coefficient (Wildman–Crippen LogP) is -5.40. The predicted molar refractivity (Wildman–Crippen MR) is 32.9 cm³/mol. The number of rotatable bonds is 0. The summed E-state index contributed by atoms with van der Waals surface area (Å²) in [6.07, 6.45) is 0. The Morgan fingerprint density at radius 3 is 0.571 bits per heavy atom. The van der Waals surface area contributed by atoms with E-state index in [0.717, 1.165) is 0 Å². The SMILES string of the molecule is O.O.O.O.[BiH3].[PbH2].[Ti]. The Bertz CT molecular complexity index is 11.7. The van der Waals surface area contributed by atoms with Gasteiger partial charge in [0, 0.05) is 21.7 Å². The molecule has 0 rings (SSSR count). The molecule has 0 aromatic heterocycles. The van der Waals surface area contributed by atoms with Gasteiger partial charge in [0.2, 0.25) is 0 Å². The molecule has 0 spiro atoms. The number of hydrogen-bond acceptors (Lipinski definition) is 0. The summed E-state index contributed by atoms with van der Waals surface area (Å²) in [5.74, 6) is 0. The topological polar surface area (TPSA) is 126 Å². The van der Waals surface area contributed by atoms with Gasteiger partial charge in [-0.25, -0.2) is 0 Å². The Morgan fingerprint density at radius 2 is 0.571 bits per heavy atom. The van der Waals surface area contributed by atoms with Crippen molar-refractivity contribution in [2.75, 3.05) is 0 Å². The van der Waals surface area contributed by atoms with Crippen molar-refractivity contribution >= 4 is 53.5 Å². The molecule has 0 unspecified atom stereocenters. The molecule has 2 radical (unpaired) electrons. The summed E-state index contributed by atoms with van der Waals surface area (Å²) in [6.45, 7) is 0. The molecule has 0 aliphatic carbocycles. The first-order valence-corrected chi connectivity index (χ1v) is 0. The van der Waals surface area contributed by atoms with Crippen LogP contribution in [-0.2, 0) is 21.7 Å². The minimum atomic E-state index is 0. The second kappa shape index (κ2) is 81.3. The maximum absolute atomic E-state index is 0. The van der Waals surface area contributed by atoms with E-state index in [4.69, 9.17) is 0 Å². The average Bonchev–Trinajstić information content (AvgIpc) is 0. The van der Waals surface area contributed by atoms with E-state index in [1.165, 1.54) is 0 Å². The molecule has 50 valence electrons. The van der Waals surface area contributed by atoms with E-state index >= 15 is 0 Å². The first-order valence-electron chi connectivity index (χ1n) is 0. The van der Waals surface area contributed by atoms with Crippen molar-refractivity contribution < 1.29 is 43.6 Å². The van der Waals surface area contributed by atoms with E-state index in [-0.39, 0.29) is 97.1 Å². The fraction of sp³-hybridized carbons (Fsp3) is 0. The van der Waals surface area contributed by atoms with Crippen molar-refractivity contribution in [3.05, 3.63) is 0 Å². The second-order valence-corrected chi connectivity index (χ2v) is 0. The van der Waals surface area contributed by atoms with Gasteiger partial charge in [0.15, 0.2) is 0 Å². The van der Waals surface area contributed by atoms with E-state index < -0.39 is 0 Å². The summed E-state index contributed by atoms with van der Waals surface area (Å²) in [5.41, 5.74) is 0. The van der Waals surface area contributed by atoms with Gasteiger partial charge in [0.25, 0.3) is 0 Å². The van der Waals surface area contributed by atoms with Crippen LogP contribution in [0.15, 0.2) is 0 Å². The largest absolute Gasteiger partial charge is 0 e. The summed E-state index contributed by atoms with van der Waals surface area (Å²) >= 11 is 0. The fourth-order valence-corrected chi connectivity index (χ4v) is 0. The van der Waals surface area contributed by atoms with E-state index in [1.54, 1.807) is 0 Å². The van der Waals surface area contributed by atoms with E-state index in [1.807, 2.05) is 0 Å². The standard InChI is InChI=1S/Bi.4H2O.Pb.Ti.5H/h;4*1H2;;;;;;;. The Labute approximate surface area is 95.8 Å². The zero-order valence-corrected chi connectivity index (χ0v) is 16.5. The number of hydrogen-bond donors (Lipinski definition) is 0. The average molecular weight is 541 g/mol. The summed E-state index contributed by atoms with van der Waals surface area (Å²) in [4.78, 5) is 0. The quantitative estimate of drug-likeness (QED) is 0.272. The van der Waals surface area contributed by atoms with Crippen LogP contribution in [0.3, 0.4) is 0 Å². The van der Waals surface area contributed by atoms with Gasteiger partial charge < -0.3 is 21.9 Å². The van der Waals surface area contributed by atoms with Gasteiger partial charge in [0.1, 0.15) is 0 Å². The zero-order chi connectivity index (χ0) is 0. The third-order valence-electron chi connectivity index (χ3n) is 0. The maximum atomic E-state index is 0. The molecule has 0 atom stereocenters. The van der Waals surface area contributed by atoms with Gasteiger partial charge in [-0.2, -0.15) is 0 Å². The summed E-state index contributed by atoms with van der Waals surface area (Å²) in [6, 6.07) is 0. The van der Waals surface area contributed by atoms with E-state index in [9.17, 15) is 0 Å².